The van der Waals surface area contributed by atoms with Gasteiger partial charge >= 0.3 is 0 Å². The van der Waals surface area contributed by atoms with Crippen LogP contribution in [0.3, 0.4) is 0 Å². The molecule has 28 heavy (non-hydrogen) atoms. The zero-order valence-electron chi connectivity index (χ0n) is 16.9. The Hall–Kier alpha value is -1.35. The van der Waals surface area contributed by atoms with Crippen LogP contribution in [-0.2, 0) is 13.1 Å². The molecule has 1 aliphatic carbocycles. The zero-order valence-corrected chi connectivity index (χ0v) is 20.1. The first kappa shape index (κ1) is 22.9. The van der Waals surface area contributed by atoms with Gasteiger partial charge in [0.05, 0.1) is 25.4 Å². The minimum absolute atomic E-state index is 0. The van der Waals surface area contributed by atoms with Crippen molar-refractivity contribution in [2.45, 2.75) is 52.6 Å². The van der Waals surface area contributed by atoms with Gasteiger partial charge in [-0.2, -0.15) is 0 Å². The molecular formula is C21H31IN4OS. The van der Waals surface area contributed by atoms with Crippen LogP contribution in [-0.4, -0.2) is 24.1 Å². The van der Waals surface area contributed by atoms with Crippen molar-refractivity contribution in [3.05, 3.63) is 45.9 Å². The molecule has 1 aromatic heterocycles. The zero-order chi connectivity index (χ0) is 19.1. The predicted octanol–water partition coefficient (Wildman–Crippen LogP) is 4.93. The van der Waals surface area contributed by atoms with Crippen molar-refractivity contribution < 1.29 is 4.74 Å². The first-order chi connectivity index (χ1) is 13.2. The second-order valence-corrected chi connectivity index (χ2v) is 8.17. The van der Waals surface area contributed by atoms with Crippen molar-refractivity contribution in [3.8, 4) is 5.75 Å². The van der Waals surface area contributed by atoms with Gasteiger partial charge in [0.25, 0.3) is 0 Å². The van der Waals surface area contributed by atoms with E-state index in [0.29, 0.717) is 19.0 Å². The van der Waals surface area contributed by atoms with E-state index < -0.39 is 0 Å². The van der Waals surface area contributed by atoms with Crippen LogP contribution in [0.15, 0.2) is 34.6 Å². The fraction of sp³-hybridized carbons (Fsp3) is 0.524. The van der Waals surface area contributed by atoms with Gasteiger partial charge in [0.15, 0.2) is 5.96 Å². The summed E-state index contributed by atoms with van der Waals surface area (Å²) < 4.78 is 5.99. The largest absolute Gasteiger partial charge is 0.493 e. The van der Waals surface area contributed by atoms with E-state index in [-0.39, 0.29) is 24.0 Å². The number of benzene rings is 1. The van der Waals surface area contributed by atoms with Gasteiger partial charge in [-0.1, -0.05) is 32.0 Å². The maximum Gasteiger partial charge on any atom is 0.191 e. The van der Waals surface area contributed by atoms with Gasteiger partial charge < -0.3 is 15.4 Å². The van der Waals surface area contributed by atoms with Gasteiger partial charge in [0.2, 0.25) is 0 Å². The molecule has 2 aromatic rings. The molecule has 0 spiro atoms. The Morgan fingerprint density at radius 3 is 2.75 bits per heavy atom. The molecule has 0 radical (unpaired) electrons. The number of ether oxygens (including phenoxy) is 1. The van der Waals surface area contributed by atoms with Crippen LogP contribution in [0.4, 0.5) is 0 Å². The van der Waals surface area contributed by atoms with Crippen LogP contribution in [0.2, 0.25) is 0 Å². The lowest BCUT2D eigenvalue weighted by molar-refractivity contribution is 0.297. The van der Waals surface area contributed by atoms with Gasteiger partial charge in [0, 0.05) is 17.5 Å². The average molecular weight is 514 g/mol. The summed E-state index contributed by atoms with van der Waals surface area (Å²) in [5, 5.41) is 9.91. The monoisotopic (exact) mass is 514 g/mol. The van der Waals surface area contributed by atoms with Crippen LogP contribution < -0.4 is 15.4 Å². The van der Waals surface area contributed by atoms with Gasteiger partial charge in [-0.15, -0.1) is 35.3 Å². The lowest BCUT2D eigenvalue weighted by atomic mass is 10.2. The van der Waals surface area contributed by atoms with Crippen molar-refractivity contribution in [3.63, 3.8) is 0 Å². The molecule has 0 unspecified atom stereocenters. The van der Waals surface area contributed by atoms with E-state index in [4.69, 9.17) is 9.73 Å². The van der Waals surface area contributed by atoms with Crippen LogP contribution in [0.25, 0.3) is 0 Å². The highest BCUT2D eigenvalue weighted by Gasteiger charge is 2.22. The Kier molecular flexibility index (Phi) is 9.50. The van der Waals surface area contributed by atoms with E-state index in [9.17, 15) is 0 Å². The Morgan fingerprint density at radius 1 is 1.29 bits per heavy atom. The third kappa shape index (κ3) is 7.24. The quantitative estimate of drug-likeness (QED) is 0.283. The van der Waals surface area contributed by atoms with E-state index in [0.717, 1.165) is 47.0 Å². The number of nitrogens with one attached hydrogen (secondary N) is 2. The molecule has 7 heteroatoms. The van der Waals surface area contributed by atoms with E-state index in [1.807, 2.05) is 18.2 Å². The number of aromatic nitrogens is 1. The molecule has 1 heterocycles. The number of hydrogen-bond donors (Lipinski definition) is 2. The molecule has 1 aromatic carbocycles. The molecule has 3 rings (SSSR count). The average Bonchev–Trinajstić information content (AvgIpc) is 3.37. The molecule has 2 N–H and O–H groups in total. The summed E-state index contributed by atoms with van der Waals surface area (Å²) in [6.45, 7) is 9.32. The Labute approximate surface area is 189 Å². The molecule has 0 aliphatic heterocycles. The highest BCUT2D eigenvalue weighted by molar-refractivity contribution is 14.0. The van der Waals surface area contributed by atoms with E-state index >= 15 is 0 Å². The summed E-state index contributed by atoms with van der Waals surface area (Å²) in [6, 6.07) is 8.19. The summed E-state index contributed by atoms with van der Waals surface area (Å²) in [5.74, 6) is 2.96. The molecule has 1 saturated carbocycles. The van der Waals surface area contributed by atoms with Crippen LogP contribution >= 0.6 is 35.3 Å². The van der Waals surface area contributed by atoms with Crippen molar-refractivity contribution in [1.82, 2.24) is 15.6 Å². The number of para-hydroxylation sites is 1. The fourth-order valence-electron chi connectivity index (χ4n) is 2.60. The lowest BCUT2D eigenvalue weighted by Crippen LogP contribution is -2.36. The number of aliphatic imine (C=N–C) groups is 1. The van der Waals surface area contributed by atoms with Crippen molar-refractivity contribution in [2.75, 3.05) is 13.2 Å². The molecule has 1 fully saturated rings. The Bertz CT molecular complexity index is 758. The summed E-state index contributed by atoms with van der Waals surface area (Å²) in [7, 11) is 0. The molecule has 0 saturated heterocycles. The van der Waals surface area contributed by atoms with Gasteiger partial charge in [0.1, 0.15) is 10.8 Å². The number of guanidine groups is 1. The molecule has 5 nitrogen and oxygen atoms in total. The SMILES string of the molecule is CCNC(=NCc1ccccc1OCC1CC1)NCc1nc(C(C)C)cs1.I. The predicted molar refractivity (Wildman–Crippen MR) is 128 cm³/mol. The van der Waals surface area contributed by atoms with E-state index in [1.54, 1.807) is 11.3 Å². The smallest absolute Gasteiger partial charge is 0.191 e. The first-order valence-electron chi connectivity index (χ1n) is 9.83. The second-order valence-electron chi connectivity index (χ2n) is 7.23. The number of hydrogen-bond acceptors (Lipinski definition) is 4. The van der Waals surface area contributed by atoms with Crippen molar-refractivity contribution in [2.24, 2.45) is 10.9 Å². The Balaban J connectivity index is 0.00000280. The van der Waals surface area contributed by atoms with Gasteiger partial charge in [-0.05, 0) is 37.7 Å². The van der Waals surface area contributed by atoms with E-state index in [2.05, 4.69) is 47.8 Å². The van der Waals surface area contributed by atoms with E-state index in [1.165, 1.54) is 12.8 Å². The Morgan fingerprint density at radius 2 is 2.07 bits per heavy atom. The summed E-state index contributed by atoms with van der Waals surface area (Å²) in [6.07, 6.45) is 2.59. The standard InChI is InChI=1S/C21H30N4OS.HI/c1-4-22-21(24-12-20-25-18(14-27-20)15(2)3)23-11-17-7-5-6-8-19(17)26-13-16-9-10-16;/h5-8,14-16H,4,9-13H2,1-3H3,(H2,22,23,24);1H. The van der Waals surface area contributed by atoms with Gasteiger partial charge in [-0.3, -0.25) is 0 Å². The summed E-state index contributed by atoms with van der Waals surface area (Å²) >= 11 is 1.69. The molecule has 0 amide bonds. The summed E-state index contributed by atoms with van der Waals surface area (Å²) in [4.78, 5) is 9.41. The topological polar surface area (TPSA) is 58.5 Å². The summed E-state index contributed by atoms with van der Waals surface area (Å²) in [5.41, 5.74) is 2.27. The molecule has 154 valence electrons. The van der Waals surface area contributed by atoms with Crippen LogP contribution in [0.1, 0.15) is 55.8 Å². The maximum atomic E-state index is 5.99. The normalized spacial score (nSPS) is 13.9. The van der Waals surface area contributed by atoms with Crippen molar-refractivity contribution >= 4 is 41.3 Å². The number of thiazole rings is 1. The number of nitrogens with zero attached hydrogens (tertiary/aromatic N) is 2. The fourth-order valence-corrected chi connectivity index (χ4v) is 3.50. The minimum atomic E-state index is 0. The number of halogens is 1. The third-order valence-electron chi connectivity index (χ3n) is 4.46. The molecular weight excluding hydrogens is 483 g/mol. The number of rotatable bonds is 9. The van der Waals surface area contributed by atoms with Crippen molar-refractivity contribution in [1.29, 1.82) is 0 Å². The minimum Gasteiger partial charge on any atom is -0.493 e. The molecule has 0 bridgehead atoms. The third-order valence-corrected chi connectivity index (χ3v) is 5.33. The van der Waals surface area contributed by atoms with Gasteiger partial charge in [-0.25, -0.2) is 9.98 Å². The highest BCUT2D eigenvalue weighted by Crippen LogP contribution is 2.30. The molecule has 1 aliphatic rings. The molecule has 0 atom stereocenters. The maximum absolute atomic E-state index is 5.99. The second kappa shape index (κ2) is 11.6. The highest BCUT2D eigenvalue weighted by atomic mass is 127. The lowest BCUT2D eigenvalue weighted by Gasteiger charge is -2.12. The van der Waals surface area contributed by atoms with Crippen LogP contribution in [0.5, 0.6) is 5.75 Å². The first-order valence-corrected chi connectivity index (χ1v) is 10.7. The van der Waals surface area contributed by atoms with Crippen LogP contribution in [0, 0.1) is 5.92 Å².